The molecule has 1 amide bonds. The van der Waals surface area contributed by atoms with Gasteiger partial charge in [0, 0.05) is 11.9 Å². The number of carbonyl (C=O) groups is 1. The summed E-state index contributed by atoms with van der Waals surface area (Å²) in [6, 6.07) is 9.38. The van der Waals surface area contributed by atoms with Gasteiger partial charge in [-0.3, -0.25) is 9.69 Å². The predicted molar refractivity (Wildman–Crippen MR) is 125 cm³/mol. The fourth-order valence-corrected chi connectivity index (χ4v) is 4.89. The fraction of sp³-hybridized carbons (Fsp3) is 0.208. The summed E-state index contributed by atoms with van der Waals surface area (Å²) in [5.41, 5.74) is 5.68. The van der Waals surface area contributed by atoms with Crippen molar-refractivity contribution < 1.29 is 9.53 Å². The first-order chi connectivity index (χ1) is 15.6. The lowest BCUT2D eigenvalue weighted by Crippen LogP contribution is -2.39. The van der Waals surface area contributed by atoms with Gasteiger partial charge in [0.2, 0.25) is 11.8 Å². The van der Waals surface area contributed by atoms with Crippen LogP contribution in [0.4, 0.5) is 17.3 Å². The van der Waals surface area contributed by atoms with E-state index >= 15 is 0 Å². The number of fused-ring (bicyclic) bond motifs is 2. The van der Waals surface area contributed by atoms with Crippen LogP contribution in [0.25, 0.3) is 6.08 Å². The van der Waals surface area contributed by atoms with Gasteiger partial charge in [0.25, 0.3) is 5.91 Å². The molecular formula is C24H18Cl2N4O2. The molecule has 3 aromatic rings. The number of allylic oxidation sites excluding steroid dienone is 1. The highest BCUT2D eigenvalue weighted by Crippen LogP contribution is 2.45. The Morgan fingerprint density at radius 1 is 1.16 bits per heavy atom. The van der Waals surface area contributed by atoms with Crippen molar-refractivity contribution >= 4 is 52.5 Å². The van der Waals surface area contributed by atoms with E-state index in [9.17, 15) is 4.79 Å². The summed E-state index contributed by atoms with van der Waals surface area (Å²) < 4.78 is 5.78. The molecular weight excluding hydrogens is 447 g/mol. The van der Waals surface area contributed by atoms with E-state index < -0.39 is 0 Å². The molecule has 0 spiro atoms. The van der Waals surface area contributed by atoms with E-state index in [0.29, 0.717) is 27.6 Å². The molecule has 1 aromatic heterocycles. The van der Waals surface area contributed by atoms with E-state index in [-0.39, 0.29) is 24.1 Å². The average Bonchev–Trinajstić information content (AvgIpc) is 3.52. The maximum atomic E-state index is 13.1. The van der Waals surface area contributed by atoms with Crippen molar-refractivity contribution in [2.45, 2.75) is 25.2 Å². The van der Waals surface area contributed by atoms with Gasteiger partial charge in [0.05, 0.1) is 15.7 Å². The molecule has 0 bridgehead atoms. The second kappa shape index (κ2) is 7.50. The van der Waals surface area contributed by atoms with Crippen molar-refractivity contribution in [1.29, 1.82) is 0 Å². The Bertz CT molecular complexity index is 1280. The highest BCUT2D eigenvalue weighted by Gasteiger charge is 2.32. The van der Waals surface area contributed by atoms with Gasteiger partial charge < -0.3 is 10.1 Å². The van der Waals surface area contributed by atoms with Gasteiger partial charge in [0.1, 0.15) is 5.56 Å². The highest BCUT2D eigenvalue weighted by atomic mass is 35.5. The Kier molecular flexibility index (Phi) is 4.59. The molecule has 160 valence electrons. The molecule has 32 heavy (non-hydrogen) atoms. The molecule has 0 saturated heterocycles. The van der Waals surface area contributed by atoms with Crippen LogP contribution >= 0.6 is 23.2 Å². The first-order valence-corrected chi connectivity index (χ1v) is 11.2. The lowest BCUT2D eigenvalue weighted by molar-refractivity contribution is 0.0932. The van der Waals surface area contributed by atoms with Crippen LogP contribution in [-0.4, -0.2) is 22.6 Å². The quantitative estimate of drug-likeness (QED) is 0.514. The summed E-state index contributed by atoms with van der Waals surface area (Å²) in [6.07, 6.45) is 9.32. The Hall–Kier alpha value is -3.09. The number of para-hydroxylation sites is 1. The number of nitrogens with one attached hydrogen (secondary N) is 1. The van der Waals surface area contributed by atoms with Gasteiger partial charge in [-0.1, -0.05) is 41.4 Å². The number of hydrogen-bond acceptors (Lipinski definition) is 5. The van der Waals surface area contributed by atoms with E-state index in [1.807, 2.05) is 0 Å². The smallest absolute Gasteiger partial charge is 0.268 e. The number of benzene rings is 2. The number of ether oxygens (including phenoxy) is 1. The monoisotopic (exact) mass is 464 g/mol. The predicted octanol–water partition coefficient (Wildman–Crippen LogP) is 5.97. The molecule has 6 nitrogen and oxygen atoms in total. The third kappa shape index (κ3) is 3.31. The van der Waals surface area contributed by atoms with E-state index in [1.165, 1.54) is 40.6 Å². The number of rotatable bonds is 4. The van der Waals surface area contributed by atoms with Crippen molar-refractivity contribution in [3.63, 3.8) is 0 Å². The molecule has 0 unspecified atom stereocenters. The largest absolute Gasteiger partial charge is 0.455 e. The van der Waals surface area contributed by atoms with Crippen LogP contribution in [0.5, 0.6) is 5.88 Å². The van der Waals surface area contributed by atoms with Crippen LogP contribution < -0.4 is 15.0 Å². The molecule has 2 aromatic carbocycles. The number of amides is 1. The van der Waals surface area contributed by atoms with E-state index in [1.54, 1.807) is 18.2 Å². The van der Waals surface area contributed by atoms with E-state index in [2.05, 4.69) is 39.6 Å². The zero-order chi connectivity index (χ0) is 21.8. The van der Waals surface area contributed by atoms with Gasteiger partial charge in [-0.2, -0.15) is 4.98 Å². The van der Waals surface area contributed by atoms with Gasteiger partial charge in [-0.05, 0) is 66.1 Å². The first-order valence-electron chi connectivity index (χ1n) is 10.4. The lowest BCUT2D eigenvalue weighted by Gasteiger charge is -2.29. The fourth-order valence-electron chi connectivity index (χ4n) is 4.29. The third-order valence-corrected chi connectivity index (χ3v) is 6.59. The van der Waals surface area contributed by atoms with Crippen molar-refractivity contribution in [1.82, 2.24) is 9.97 Å². The second-order valence-corrected chi connectivity index (χ2v) is 8.94. The van der Waals surface area contributed by atoms with Crippen LogP contribution in [0.2, 0.25) is 10.0 Å². The summed E-state index contributed by atoms with van der Waals surface area (Å²) in [5.74, 6) is 0.949. The Balaban J connectivity index is 1.29. The summed E-state index contributed by atoms with van der Waals surface area (Å²) >= 11 is 12.5. The zero-order valence-corrected chi connectivity index (χ0v) is 18.5. The maximum absolute atomic E-state index is 13.1. The Morgan fingerprint density at radius 2 is 1.97 bits per heavy atom. The maximum Gasteiger partial charge on any atom is 0.268 e. The molecule has 1 N–H and O–H groups in total. The van der Waals surface area contributed by atoms with Gasteiger partial charge in [0.15, 0.2) is 6.73 Å². The number of aromatic nitrogens is 2. The topological polar surface area (TPSA) is 67.3 Å². The molecule has 1 saturated carbocycles. The Morgan fingerprint density at radius 3 is 2.75 bits per heavy atom. The minimum atomic E-state index is -0.313. The summed E-state index contributed by atoms with van der Waals surface area (Å²) in [5, 5.41) is 4.02. The average molecular weight is 465 g/mol. The minimum Gasteiger partial charge on any atom is -0.455 e. The molecule has 1 aliphatic heterocycles. The summed E-state index contributed by atoms with van der Waals surface area (Å²) in [4.78, 5) is 23.3. The number of hydrogen-bond donors (Lipinski definition) is 1. The molecule has 6 rings (SSSR count). The molecule has 8 heteroatoms. The molecule has 3 aliphatic rings. The normalized spacial score (nSPS) is 16.6. The van der Waals surface area contributed by atoms with Crippen LogP contribution in [0, 0.1) is 0 Å². The zero-order valence-electron chi connectivity index (χ0n) is 16.9. The molecule has 1 fully saturated rings. The molecule has 2 heterocycles. The summed E-state index contributed by atoms with van der Waals surface area (Å²) in [6.45, 7) is -0.0405. The van der Waals surface area contributed by atoms with Gasteiger partial charge in [-0.15, -0.1) is 0 Å². The number of halogens is 2. The van der Waals surface area contributed by atoms with Gasteiger partial charge in [-0.25, -0.2) is 4.98 Å². The number of nitrogens with zero attached hydrogens (tertiary/aromatic N) is 3. The van der Waals surface area contributed by atoms with Crippen LogP contribution in [0.3, 0.4) is 0 Å². The Labute approximate surface area is 194 Å². The van der Waals surface area contributed by atoms with Crippen LogP contribution in [0.15, 0.2) is 42.6 Å². The van der Waals surface area contributed by atoms with E-state index in [4.69, 9.17) is 27.9 Å². The minimum absolute atomic E-state index is 0.0405. The highest BCUT2D eigenvalue weighted by molar-refractivity contribution is 6.40. The molecule has 2 aliphatic carbocycles. The van der Waals surface area contributed by atoms with Crippen molar-refractivity contribution in [3.05, 3.63) is 74.9 Å². The third-order valence-electron chi connectivity index (χ3n) is 5.98. The standard InChI is InChI=1S/C24H18Cl2N4O2/c25-19-5-2-6-20(26)21(19)30-12-32-22-18(23(30)31)11-27-24(29-22)28-15-9-14-3-1-4-16(14)17(10-15)13-7-8-13/h1-3,5-6,9-11,13H,4,7-8,12H2,(H,27,28,29). The van der Waals surface area contributed by atoms with Gasteiger partial charge >= 0.3 is 0 Å². The second-order valence-electron chi connectivity index (χ2n) is 8.13. The van der Waals surface area contributed by atoms with Crippen LogP contribution in [-0.2, 0) is 6.42 Å². The molecule has 0 radical (unpaired) electrons. The van der Waals surface area contributed by atoms with Crippen LogP contribution in [0.1, 0.15) is 45.8 Å². The lowest BCUT2D eigenvalue weighted by atomic mass is 9.98. The van der Waals surface area contributed by atoms with Crippen molar-refractivity contribution in [3.8, 4) is 5.88 Å². The van der Waals surface area contributed by atoms with Crippen molar-refractivity contribution in [2.75, 3.05) is 16.9 Å². The SMILES string of the molecule is O=C1c2cnc(Nc3cc4c(c(C5CC5)c3)CC=C4)nc2OCN1c1c(Cl)cccc1Cl. The van der Waals surface area contributed by atoms with Crippen molar-refractivity contribution in [2.24, 2.45) is 0 Å². The number of anilines is 3. The number of carbonyl (C=O) groups excluding carboxylic acids is 1. The first kappa shape index (κ1) is 19.6. The summed E-state index contributed by atoms with van der Waals surface area (Å²) in [7, 11) is 0. The molecule has 0 atom stereocenters. The van der Waals surface area contributed by atoms with E-state index in [0.717, 1.165) is 12.1 Å².